The summed E-state index contributed by atoms with van der Waals surface area (Å²) in [6, 6.07) is 8.10. The number of nitro benzene ring substituents is 1. The number of nitro groups is 1. The zero-order valence-electron chi connectivity index (χ0n) is 14.5. The van der Waals surface area contributed by atoms with E-state index in [0.717, 1.165) is 11.6 Å². The summed E-state index contributed by atoms with van der Waals surface area (Å²) in [7, 11) is 0. The van der Waals surface area contributed by atoms with E-state index in [1.54, 1.807) is 13.0 Å². The van der Waals surface area contributed by atoms with E-state index in [4.69, 9.17) is 0 Å². The third kappa shape index (κ3) is 2.87. The first-order valence-electron chi connectivity index (χ1n) is 8.65. The smallest absolute Gasteiger partial charge is 0.377 e. The lowest BCUT2D eigenvalue weighted by atomic mass is 9.75. The first-order valence-corrected chi connectivity index (χ1v) is 8.65. The number of halogens is 3. The molecule has 0 unspecified atom stereocenters. The number of anilines is 1. The molecule has 4 nitrogen and oxygen atoms in total. The van der Waals surface area contributed by atoms with Crippen molar-refractivity contribution < 1.29 is 18.1 Å². The van der Waals surface area contributed by atoms with Gasteiger partial charge in [-0.05, 0) is 42.0 Å². The molecule has 0 saturated carbocycles. The molecule has 0 radical (unpaired) electrons. The van der Waals surface area contributed by atoms with Gasteiger partial charge < -0.3 is 5.32 Å². The fourth-order valence-electron chi connectivity index (χ4n) is 4.31. The molecule has 0 bridgehead atoms. The average Bonchev–Trinajstić information content (AvgIpc) is 3.10. The highest BCUT2D eigenvalue weighted by Crippen LogP contribution is 2.52. The predicted octanol–water partition coefficient (Wildman–Crippen LogP) is 5.75. The predicted molar refractivity (Wildman–Crippen MR) is 95.6 cm³/mol. The molecular weight excluding hydrogens is 357 g/mol. The quantitative estimate of drug-likeness (QED) is 0.414. The maximum Gasteiger partial charge on any atom is 0.416 e. The summed E-state index contributed by atoms with van der Waals surface area (Å²) in [6.07, 6.45) is 0.0838. The minimum Gasteiger partial charge on any atom is -0.377 e. The molecule has 0 spiro atoms. The molecule has 7 heteroatoms. The molecular formula is C20H17F3N2O2. The first-order chi connectivity index (χ1) is 12.8. The van der Waals surface area contributed by atoms with Gasteiger partial charge >= 0.3 is 6.18 Å². The van der Waals surface area contributed by atoms with Crippen LogP contribution in [0.1, 0.15) is 40.6 Å². The molecule has 4 rings (SSSR count). The van der Waals surface area contributed by atoms with Crippen LogP contribution in [0.2, 0.25) is 0 Å². The molecule has 1 aliphatic carbocycles. The van der Waals surface area contributed by atoms with E-state index in [1.807, 2.05) is 12.2 Å². The van der Waals surface area contributed by atoms with Gasteiger partial charge in [0.05, 0.1) is 16.5 Å². The molecule has 0 aromatic heterocycles. The molecule has 0 saturated heterocycles. The van der Waals surface area contributed by atoms with Crippen molar-refractivity contribution in [3.8, 4) is 0 Å². The minimum absolute atomic E-state index is 0.00115. The monoisotopic (exact) mass is 374 g/mol. The summed E-state index contributed by atoms with van der Waals surface area (Å²) in [5.41, 5.74) is 1.70. The molecule has 140 valence electrons. The second-order valence-electron chi connectivity index (χ2n) is 7.04. The fourth-order valence-corrected chi connectivity index (χ4v) is 4.31. The number of fused-ring (bicyclic) bond motifs is 3. The van der Waals surface area contributed by atoms with Crippen LogP contribution in [0.15, 0.2) is 48.6 Å². The minimum atomic E-state index is -4.44. The Bertz CT molecular complexity index is 953. The molecule has 2 aromatic rings. The third-order valence-corrected chi connectivity index (χ3v) is 5.46. The van der Waals surface area contributed by atoms with Gasteiger partial charge in [0.2, 0.25) is 0 Å². The number of allylic oxidation sites excluding steroid dienone is 2. The van der Waals surface area contributed by atoms with Crippen molar-refractivity contribution in [2.24, 2.45) is 5.92 Å². The molecule has 3 atom stereocenters. The summed E-state index contributed by atoms with van der Waals surface area (Å²) >= 11 is 0. The number of benzene rings is 2. The number of alkyl halides is 3. The molecule has 0 amide bonds. The van der Waals surface area contributed by atoms with E-state index in [0.29, 0.717) is 17.7 Å². The largest absolute Gasteiger partial charge is 0.416 e. The van der Waals surface area contributed by atoms with E-state index in [2.05, 4.69) is 5.32 Å². The molecule has 1 aliphatic heterocycles. The average molecular weight is 374 g/mol. The highest BCUT2D eigenvalue weighted by molar-refractivity contribution is 5.67. The molecule has 1 N–H and O–H groups in total. The van der Waals surface area contributed by atoms with Crippen LogP contribution in [0.25, 0.3) is 0 Å². The van der Waals surface area contributed by atoms with Crippen molar-refractivity contribution in [3.63, 3.8) is 0 Å². The topological polar surface area (TPSA) is 55.2 Å². The number of hydrogen-bond acceptors (Lipinski definition) is 3. The Morgan fingerprint density at radius 2 is 1.93 bits per heavy atom. The Labute approximate surface area is 153 Å². The van der Waals surface area contributed by atoms with Crippen molar-refractivity contribution in [3.05, 3.63) is 80.9 Å². The first kappa shape index (κ1) is 17.6. The van der Waals surface area contributed by atoms with E-state index in [-0.39, 0.29) is 23.1 Å². The van der Waals surface area contributed by atoms with Crippen LogP contribution in [0.3, 0.4) is 0 Å². The Kier molecular flexibility index (Phi) is 3.98. The van der Waals surface area contributed by atoms with E-state index >= 15 is 0 Å². The molecule has 27 heavy (non-hydrogen) atoms. The number of rotatable bonds is 2. The highest BCUT2D eigenvalue weighted by Gasteiger charge is 2.43. The van der Waals surface area contributed by atoms with Gasteiger partial charge in [0, 0.05) is 23.7 Å². The molecule has 1 heterocycles. The van der Waals surface area contributed by atoms with Crippen LogP contribution in [0, 0.1) is 23.0 Å². The molecule has 2 aromatic carbocycles. The Hall–Kier alpha value is -2.83. The van der Waals surface area contributed by atoms with E-state index in [1.165, 1.54) is 24.3 Å². The van der Waals surface area contributed by atoms with Crippen molar-refractivity contribution in [2.75, 3.05) is 5.32 Å². The molecule has 0 fully saturated rings. The number of nitrogens with one attached hydrogen (secondary N) is 1. The third-order valence-electron chi connectivity index (χ3n) is 5.46. The lowest BCUT2D eigenvalue weighted by Gasteiger charge is -2.39. The normalized spacial score (nSPS) is 23.5. The van der Waals surface area contributed by atoms with Gasteiger partial charge in [-0.15, -0.1) is 0 Å². The van der Waals surface area contributed by atoms with Gasteiger partial charge in [0.15, 0.2) is 0 Å². The van der Waals surface area contributed by atoms with Crippen LogP contribution >= 0.6 is 0 Å². The van der Waals surface area contributed by atoms with Crippen LogP contribution < -0.4 is 5.32 Å². The van der Waals surface area contributed by atoms with Gasteiger partial charge in [0.1, 0.15) is 0 Å². The van der Waals surface area contributed by atoms with Crippen LogP contribution in [-0.4, -0.2) is 4.92 Å². The number of aryl methyl sites for hydroxylation is 1. The summed E-state index contributed by atoms with van der Waals surface area (Å²) in [4.78, 5) is 10.8. The van der Waals surface area contributed by atoms with Crippen molar-refractivity contribution in [1.29, 1.82) is 0 Å². The Morgan fingerprint density at radius 3 is 2.63 bits per heavy atom. The second kappa shape index (κ2) is 6.11. The summed E-state index contributed by atoms with van der Waals surface area (Å²) in [5.74, 6) is -0.270. The van der Waals surface area contributed by atoms with Crippen molar-refractivity contribution >= 4 is 11.4 Å². The summed E-state index contributed by atoms with van der Waals surface area (Å²) in [6.45, 7) is 1.74. The zero-order chi connectivity index (χ0) is 19.3. The number of non-ortho nitro benzene ring substituents is 1. The van der Waals surface area contributed by atoms with Crippen LogP contribution in [-0.2, 0) is 6.18 Å². The summed E-state index contributed by atoms with van der Waals surface area (Å²) in [5, 5.41) is 14.5. The Morgan fingerprint density at radius 1 is 1.19 bits per heavy atom. The Balaban J connectivity index is 1.86. The van der Waals surface area contributed by atoms with Gasteiger partial charge in [-0.3, -0.25) is 10.1 Å². The van der Waals surface area contributed by atoms with Crippen LogP contribution in [0.5, 0.6) is 0 Å². The van der Waals surface area contributed by atoms with Crippen molar-refractivity contribution in [1.82, 2.24) is 0 Å². The summed E-state index contributed by atoms with van der Waals surface area (Å²) < 4.78 is 40.6. The maximum absolute atomic E-state index is 13.5. The highest BCUT2D eigenvalue weighted by atomic mass is 19.4. The van der Waals surface area contributed by atoms with Gasteiger partial charge in [0.25, 0.3) is 5.69 Å². The van der Waals surface area contributed by atoms with Gasteiger partial charge in [-0.2, -0.15) is 13.2 Å². The lowest BCUT2D eigenvalue weighted by molar-refractivity contribution is -0.385. The van der Waals surface area contributed by atoms with Gasteiger partial charge in [-0.25, -0.2) is 0 Å². The van der Waals surface area contributed by atoms with E-state index in [9.17, 15) is 23.3 Å². The number of hydrogen-bond donors (Lipinski definition) is 1. The van der Waals surface area contributed by atoms with Crippen LogP contribution in [0.4, 0.5) is 24.5 Å². The zero-order valence-corrected chi connectivity index (χ0v) is 14.5. The number of nitrogens with zero attached hydrogens (tertiary/aromatic N) is 1. The molecule has 2 aliphatic rings. The second-order valence-corrected chi connectivity index (χ2v) is 7.04. The maximum atomic E-state index is 13.5. The SMILES string of the molecule is Cc1cc([N+](=O)[O-])cc2c1N[C@H](c1ccccc1C(F)(F)F)[C@@H]1CC=C[C@@H]21. The van der Waals surface area contributed by atoms with E-state index < -0.39 is 22.7 Å². The van der Waals surface area contributed by atoms with Crippen molar-refractivity contribution in [2.45, 2.75) is 31.5 Å². The fraction of sp³-hybridized carbons (Fsp3) is 0.300. The lowest BCUT2D eigenvalue weighted by Crippen LogP contribution is -2.31. The standard InChI is InChI=1S/C20H17F3N2O2/c1-11-9-12(25(26)27)10-16-13-6-4-7-14(13)19(24-18(11)16)15-5-2-3-8-17(15)20(21,22)23/h2-6,8-10,13-14,19,24H,7H2,1H3/t13-,14-,19+/m1/s1. The van der Waals surface area contributed by atoms with Gasteiger partial charge in [-0.1, -0.05) is 30.4 Å².